The maximum Gasteiger partial charge on any atom is 0.327 e. The van der Waals surface area contributed by atoms with Crippen molar-refractivity contribution in [2.24, 2.45) is 5.92 Å². The van der Waals surface area contributed by atoms with E-state index in [1.807, 2.05) is 6.92 Å². The molecule has 1 N–H and O–H groups in total. The van der Waals surface area contributed by atoms with Crippen LogP contribution in [0.15, 0.2) is 18.2 Å². The van der Waals surface area contributed by atoms with E-state index in [-0.39, 0.29) is 22.9 Å². The van der Waals surface area contributed by atoms with Crippen LogP contribution in [0.4, 0.5) is 11.4 Å². The molecule has 0 radical (unpaired) electrons. The Morgan fingerprint density at radius 2 is 2.14 bits per heavy atom. The molecule has 0 aliphatic heterocycles. The summed E-state index contributed by atoms with van der Waals surface area (Å²) in [5.41, 5.74) is 0.365. The largest absolute Gasteiger partial charge is 0.480 e. The second kappa shape index (κ2) is 6.83. The predicted molar refractivity (Wildman–Crippen MR) is 77.3 cm³/mol. The van der Waals surface area contributed by atoms with Gasteiger partial charge in [0.05, 0.1) is 16.2 Å². The first-order chi connectivity index (χ1) is 9.84. The van der Waals surface area contributed by atoms with E-state index in [2.05, 4.69) is 0 Å². The molecule has 0 spiro atoms. The summed E-state index contributed by atoms with van der Waals surface area (Å²) in [6, 6.07) is 3.20. The Balaban J connectivity index is 3.39. The molecule has 0 aromatic heterocycles. The molecule has 0 fully saturated rings. The normalized spacial score (nSPS) is 13.3. The molecule has 0 bridgehead atoms. The van der Waals surface area contributed by atoms with E-state index in [9.17, 15) is 24.8 Å². The molecule has 21 heavy (non-hydrogen) atoms. The highest BCUT2D eigenvalue weighted by Gasteiger charge is 2.32. The zero-order chi connectivity index (χ0) is 16.2. The average molecular weight is 294 g/mol. The summed E-state index contributed by atoms with van der Waals surface area (Å²) >= 11 is 0. The molecule has 1 aromatic carbocycles. The van der Waals surface area contributed by atoms with Crippen molar-refractivity contribution >= 4 is 23.8 Å². The number of nitro benzene ring substituents is 1. The lowest BCUT2D eigenvalue weighted by molar-refractivity contribution is -0.385. The van der Waals surface area contributed by atoms with Gasteiger partial charge in [0.2, 0.25) is 6.41 Å². The van der Waals surface area contributed by atoms with Gasteiger partial charge < -0.3 is 5.11 Å². The SMILES string of the molecule is CCC(C)C(C(=O)O)N(C=O)c1cccc([N+](=O)[O-])c1C. The Morgan fingerprint density at radius 3 is 2.57 bits per heavy atom. The van der Waals surface area contributed by atoms with Gasteiger partial charge in [-0.1, -0.05) is 26.3 Å². The lowest BCUT2D eigenvalue weighted by Gasteiger charge is -2.30. The van der Waals surface area contributed by atoms with Crippen LogP contribution in [-0.2, 0) is 9.59 Å². The van der Waals surface area contributed by atoms with Crippen LogP contribution in [-0.4, -0.2) is 28.5 Å². The van der Waals surface area contributed by atoms with Gasteiger partial charge in [0.25, 0.3) is 5.69 Å². The van der Waals surface area contributed by atoms with E-state index in [1.165, 1.54) is 25.1 Å². The van der Waals surface area contributed by atoms with Crippen molar-refractivity contribution in [3.05, 3.63) is 33.9 Å². The molecule has 0 aliphatic carbocycles. The van der Waals surface area contributed by atoms with Crippen LogP contribution in [0.3, 0.4) is 0 Å². The third-order valence-corrected chi connectivity index (χ3v) is 3.60. The van der Waals surface area contributed by atoms with Crippen molar-refractivity contribution in [3.8, 4) is 0 Å². The molecule has 0 saturated carbocycles. The maximum atomic E-state index is 11.5. The summed E-state index contributed by atoms with van der Waals surface area (Å²) in [4.78, 5) is 34.3. The fourth-order valence-corrected chi connectivity index (χ4v) is 2.22. The van der Waals surface area contributed by atoms with Gasteiger partial charge in [0.15, 0.2) is 0 Å². The number of amides is 1. The number of hydrogen-bond acceptors (Lipinski definition) is 4. The Kier molecular flexibility index (Phi) is 5.40. The lowest BCUT2D eigenvalue weighted by atomic mass is 9.96. The third kappa shape index (κ3) is 3.36. The molecule has 0 saturated heterocycles. The fourth-order valence-electron chi connectivity index (χ4n) is 2.22. The summed E-state index contributed by atoms with van der Waals surface area (Å²) in [5.74, 6) is -1.42. The Bertz CT molecular complexity index is 558. The fraction of sp³-hybridized carbons (Fsp3) is 0.429. The molecule has 1 rings (SSSR count). The molecule has 114 valence electrons. The number of anilines is 1. The number of aliphatic carboxylic acids is 1. The van der Waals surface area contributed by atoms with Crippen molar-refractivity contribution in [3.63, 3.8) is 0 Å². The van der Waals surface area contributed by atoms with Crippen LogP contribution in [0.25, 0.3) is 0 Å². The number of carboxylic acid groups (broad SMARTS) is 1. The van der Waals surface area contributed by atoms with Crippen molar-refractivity contribution in [2.75, 3.05) is 4.90 Å². The number of benzene rings is 1. The number of carbonyl (C=O) groups excluding carboxylic acids is 1. The van der Waals surface area contributed by atoms with Gasteiger partial charge in [-0.05, 0) is 18.9 Å². The van der Waals surface area contributed by atoms with E-state index in [0.29, 0.717) is 12.8 Å². The smallest absolute Gasteiger partial charge is 0.327 e. The average Bonchev–Trinajstić information content (AvgIpc) is 2.43. The molecular formula is C14H18N2O5. The number of rotatable bonds is 7. The summed E-state index contributed by atoms with van der Waals surface area (Å²) < 4.78 is 0. The van der Waals surface area contributed by atoms with Crippen LogP contribution in [0.2, 0.25) is 0 Å². The zero-order valence-electron chi connectivity index (χ0n) is 12.1. The van der Waals surface area contributed by atoms with Crippen molar-refractivity contribution in [1.29, 1.82) is 0 Å². The molecule has 2 unspecified atom stereocenters. The number of nitrogens with zero attached hydrogens (tertiary/aromatic N) is 2. The van der Waals surface area contributed by atoms with E-state index in [1.54, 1.807) is 6.92 Å². The molecule has 0 aliphatic rings. The molecule has 1 amide bonds. The van der Waals surface area contributed by atoms with Crippen LogP contribution >= 0.6 is 0 Å². The van der Waals surface area contributed by atoms with Gasteiger partial charge in [-0.3, -0.25) is 19.8 Å². The molecule has 7 nitrogen and oxygen atoms in total. The first-order valence-corrected chi connectivity index (χ1v) is 6.55. The van der Waals surface area contributed by atoms with E-state index in [0.717, 1.165) is 4.90 Å². The maximum absolute atomic E-state index is 11.5. The summed E-state index contributed by atoms with van der Waals surface area (Å²) in [5, 5.41) is 20.3. The van der Waals surface area contributed by atoms with Crippen LogP contribution in [0, 0.1) is 23.0 Å². The quantitative estimate of drug-likeness (QED) is 0.472. The summed E-state index contributed by atoms with van der Waals surface area (Å²) in [6.45, 7) is 5.05. The zero-order valence-corrected chi connectivity index (χ0v) is 12.1. The molecule has 7 heteroatoms. The predicted octanol–water partition coefficient (Wildman–Crippen LogP) is 2.37. The second-order valence-corrected chi connectivity index (χ2v) is 4.86. The van der Waals surface area contributed by atoms with Crippen molar-refractivity contribution in [1.82, 2.24) is 0 Å². The van der Waals surface area contributed by atoms with E-state index < -0.39 is 16.9 Å². The van der Waals surface area contributed by atoms with E-state index in [4.69, 9.17) is 0 Å². The highest BCUT2D eigenvalue weighted by molar-refractivity contribution is 5.89. The minimum atomic E-state index is -1.14. The first-order valence-electron chi connectivity index (χ1n) is 6.55. The Morgan fingerprint density at radius 1 is 1.52 bits per heavy atom. The lowest BCUT2D eigenvalue weighted by Crippen LogP contribution is -2.45. The number of hydrogen-bond donors (Lipinski definition) is 1. The Hall–Kier alpha value is -2.44. The van der Waals surface area contributed by atoms with Crippen LogP contribution in [0.1, 0.15) is 25.8 Å². The van der Waals surface area contributed by atoms with Gasteiger partial charge in [-0.15, -0.1) is 0 Å². The minimum absolute atomic E-state index is 0.146. The van der Waals surface area contributed by atoms with Gasteiger partial charge in [-0.25, -0.2) is 4.79 Å². The minimum Gasteiger partial charge on any atom is -0.480 e. The standard InChI is InChI=1S/C14H18N2O5/c1-4-9(2)13(14(18)19)15(8-17)11-6-5-7-12(10(11)3)16(20)21/h5-9,13H,4H2,1-3H3,(H,18,19). The number of carboxylic acids is 1. The molecule has 0 heterocycles. The Labute approximate surface area is 122 Å². The highest BCUT2D eigenvalue weighted by atomic mass is 16.6. The summed E-state index contributed by atoms with van der Waals surface area (Å²) in [7, 11) is 0. The molecular weight excluding hydrogens is 276 g/mol. The second-order valence-electron chi connectivity index (χ2n) is 4.86. The third-order valence-electron chi connectivity index (χ3n) is 3.60. The number of nitro groups is 1. The topological polar surface area (TPSA) is 101 Å². The van der Waals surface area contributed by atoms with E-state index >= 15 is 0 Å². The van der Waals surface area contributed by atoms with Gasteiger partial charge in [0.1, 0.15) is 6.04 Å². The van der Waals surface area contributed by atoms with Gasteiger partial charge in [-0.2, -0.15) is 0 Å². The molecule has 2 atom stereocenters. The highest BCUT2D eigenvalue weighted by Crippen LogP contribution is 2.30. The molecule has 1 aromatic rings. The number of carbonyl (C=O) groups is 2. The van der Waals surface area contributed by atoms with Gasteiger partial charge in [0, 0.05) is 6.07 Å². The van der Waals surface area contributed by atoms with Crippen LogP contribution in [0.5, 0.6) is 0 Å². The van der Waals surface area contributed by atoms with Crippen molar-refractivity contribution < 1.29 is 19.6 Å². The first kappa shape index (κ1) is 16.6. The van der Waals surface area contributed by atoms with Crippen LogP contribution < -0.4 is 4.90 Å². The monoisotopic (exact) mass is 294 g/mol. The van der Waals surface area contributed by atoms with Gasteiger partial charge >= 0.3 is 5.97 Å². The summed E-state index contributed by atoms with van der Waals surface area (Å²) in [6.07, 6.45) is 0.978. The van der Waals surface area contributed by atoms with Crippen molar-refractivity contribution in [2.45, 2.75) is 33.2 Å².